The molecule has 0 aromatic heterocycles. The Labute approximate surface area is 112 Å². The summed E-state index contributed by atoms with van der Waals surface area (Å²) in [4.78, 5) is 0. The number of anilines is 3. The van der Waals surface area contributed by atoms with Gasteiger partial charge in [0.05, 0.1) is 16.4 Å². The van der Waals surface area contributed by atoms with Gasteiger partial charge >= 0.3 is 0 Å². The third-order valence-electron chi connectivity index (χ3n) is 2.21. The van der Waals surface area contributed by atoms with Gasteiger partial charge in [-0.2, -0.15) is 0 Å². The zero-order valence-corrected chi connectivity index (χ0v) is 11.0. The van der Waals surface area contributed by atoms with Crippen LogP contribution in [0.3, 0.4) is 0 Å². The van der Waals surface area contributed by atoms with Gasteiger partial charge in [-0.05, 0) is 36.4 Å². The quantitative estimate of drug-likeness (QED) is 0.797. The summed E-state index contributed by atoms with van der Waals surface area (Å²) < 4.78 is 13.9. The van der Waals surface area contributed by atoms with Crippen molar-refractivity contribution in [1.82, 2.24) is 0 Å². The normalized spacial score (nSPS) is 10.3. The molecule has 2 nitrogen and oxygen atoms in total. The predicted molar refractivity (Wildman–Crippen MR) is 73.2 cm³/mol. The van der Waals surface area contributed by atoms with Gasteiger partial charge in [0.1, 0.15) is 5.82 Å². The van der Waals surface area contributed by atoms with Gasteiger partial charge in [-0.1, -0.05) is 27.5 Å². The molecule has 0 fully saturated rings. The first-order valence-corrected chi connectivity index (χ1v) is 6.00. The molecule has 2 aromatic carbocycles. The van der Waals surface area contributed by atoms with Crippen molar-refractivity contribution < 1.29 is 4.39 Å². The van der Waals surface area contributed by atoms with Gasteiger partial charge in [0, 0.05) is 10.2 Å². The Morgan fingerprint density at radius 1 is 1.18 bits per heavy atom. The molecule has 0 saturated heterocycles. The highest BCUT2D eigenvalue weighted by Gasteiger charge is 2.03. The van der Waals surface area contributed by atoms with E-state index >= 15 is 0 Å². The van der Waals surface area contributed by atoms with Gasteiger partial charge in [-0.25, -0.2) is 4.39 Å². The highest BCUT2D eigenvalue weighted by atomic mass is 79.9. The zero-order chi connectivity index (χ0) is 12.4. The van der Waals surface area contributed by atoms with Crippen molar-refractivity contribution in [2.45, 2.75) is 0 Å². The summed E-state index contributed by atoms with van der Waals surface area (Å²) in [6.07, 6.45) is 0. The van der Waals surface area contributed by atoms with Crippen molar-refractivity contribution in [3.05, 3.63) is 51.7 Å². The van der Waals surface area contributed by atoms with Crippen LogP contribution in [0.4, 0.5) is 21.5 Å². The van der Waals surface area contributed by atoms with Crippen molar-refractivity contribution in [2.75, 3.05) is 11.1 Å². The lowest BCUT2D eigenvalue weighted by atomic mass is 10.2. The predicted octanol–water partition coefficient (Wildman–Crippen LogP) is 4.57. The lowest BCUT2D eigenvalue weighted by Crippen LogP contribution is -1.96. The van der Waals surface area contributed by atoms with E-state index in [1.807, 2.05) is 12.1 Å². The van der Waals surface area contributed by atoms with Crippen molar-refractivity contribution in [1.29, 1.82) is 0 Å². The number of nitrogen functional groups attached to an aromatic ring is 1. The van der Waals surface area contributed by atoms with Gasteiger partial charge in [0.15, 0.2) is 0 Å². The second-order valence-electron chi connectivity index (χ2n) is 3.49. The minimum Gasteiger partial charge on any atom is -0.397 e. The molecule has 0 radical (unpaired) electrons. The van der Waals surface area contributed by atoms with Crippen LogP contribution in [0, 0.1) is 5.82 Å². The molecule has 0 spiro atoms. The Morgan fingerprint density at radius 3 is 2.65 bits per heavy atom. The van der Waals surface area contributed by atoms with Crippen molar-refractivity contribution in [3.63, 3.8) is 0 Å². The SMILES string of the molecule is Nc1ccc(Br)cc1Nc1ccc(F)c(Cl)c1. The van der Waals surface area contributed by atoms with Crippen molar-refractivity contribution in [3.8, 4) is 0 Å². The Hall–Kier alpha value is -1.26. The van der Waals surface area contributed by atoms with Gasteiger partial charge in [0.25, 0.3) is 0 Å². The highest BCUT2D eigenvalue weighted by molar-refractivity contribution is 9.10. The van der Waals surface area contributed by atoms with E-state index in [0.29, 0.717) is 11.4 Å². The Morgan fingerprint density at radius 2 is 1.94 bits per heavy atom. The van der Waals surface area contributed by atoms with E-state index < -0.39 is 5.82 Å². The molecule has 0 aliphatic carbocycles. The largest absolute Gasteiger partial charge is 0.397 e. The van der Waals surface area contributed by atoms with Crippen LogP contribution in [0.25, 0.3) is 0 Å². The van der Waals surface area contributed by atoms with Crippen LogP contribution in [0.1, 0.15) is 0 Å². The lowest BCUT2D eigenvalue weighted by Gasteiger charge is -2.10. The average molecular weight is 316 g/mol. The molecule has 0 unspecified atom stereocenters. The molecular weight excluding hydrogens is 307 g/mol. The fourth-order valence-electron chi connectivity index (χ4n) is 1.37. The molecule has 3 N–H and O–H groups in total. The number of rotatable bonds is 2. The molecule has 0 aliphatic rings. The Kier molecular flexibility index (Phi) is 3.54. The highest BCUT2D eigenvalue weighted by Crippen LogP contribution is 2.28. The van der Waals surface area contributed by atoms with Crippen LogP contribution in [0.2, 0.25) is 5.02 Å². The summed E-state index contributed by atoms with van der Waals surface area (Å²) in [6, 6.07) is 9.87. The second kappa shape index (κ2) is 4.94. The second-order valence-corrected chi connectivity index (χ2v) is 4.81. The smallest absolute Gasteiger partial charge is 0.141 e. The number of benzene rings is 2. The molecular formula is C12H9BrClFN2. The molecule has 2 rings (SSSR count). The van der Waals surface area contributed by atoms with E-state index in [-0.39, 0.29) is 5.02 Å². The molecule has 0 atom stereocenters. The molecule has 0 aliphatic heterocycles. The van der Waals surface area contributed by atoms with E-state index in [1.165, 1.54) is 12.1 Å². The van der Waals surface area contributed by atoms with E-state index in [4.69, 9.17) is 17.3 Å². The lowest BCUT2D eigenvalue weighted by molar-refractivity contribution is 0.628. The first-order chi connectivity index (χ1) is 8.06. The monoisotopic (exact) mass is 314 g/mol. The topological polar surface area (TPSA) is 38.0 Å². The standard InChI is InChI=1S/C12H9BrClFN2/c13-7-1-4-11(16)12(5-7)17-8-2-3-10(15)9(14)6-8/h1-6,17H,16H2. The maximum absolute atomic E-state index is 13.0. The maximum Gasteiger partial charge on any atom is 0.141 e. The van der Waals surface area contributed by atoms with E-state index in [9.17, 15) is 4.39 Å². The van der Waals surface area contributed by atoms with Crippen LogP contribution in [-0.2, 0) is 0 Å². The number of hydrogen-bond acceptors (Lipinski definition) is 2. The Balaban J connectivity index is 2.31. The first kappa shape index (κ1) is 12.2. The fourth-order valence-corrected chi connectivity index (χ4v) is 1.91. The molecule has 0 amide bonds. The summed E-state index contributed by atoms with van der Waals surface area (Å²) in [5.74, 6) is -0.445. The van der Waals surface area contributed by atoms with E-state index in [1.54, 1.807) is 12.1 Å². The molecule has 0 bridgehead atoms. The van der Waals surface area contributed by atoms with Gasteiger partial charge in [-0.15, -0.1) is 0 Å². The summed E-state index contributed by atoms with van der Waals surface area (Å²) in [5.41, 5.74) is 7.84. The molecule has 5 heteroatoms. The molecule has 0 heterocycles. The van der Waals surface area contributed by atoms with Crippen molar-refractivity contribution >= 4 is 44.6 Å². The van der Waals surface area contributed by atoms with Crippen LogP contribution < -0.4 is 11.1 Å². The number of nitrogens with one attached hydrogen (secondary N) is 1. The summed E-state index contributed by atoms with van der Waals surface area (Å²) >= 11 is 9.05. The molecule has 88 valence electrons. The van der Waals surface area contributed by atoms with Crippen molar-refractivity contribution in [2.24, 2.45) is 0 Å². The molecule has 17 heavy (non-hydrogen) atoms. The van der Waals surface area contributed by atoms with Gasteiger partial charge < -0.3 is 11.1 Å². The number of nitrogens with two attached hydrogens (primary N) is 1. The van der Waals surface area contributed by atoms with Crippen LogP contribution in [-0.4, -0.2) is 0 Å². The zero-order valence-electron chi connectivity index (χ0n) is 8.68. The maximum atomic E-state index is 13.0. The Bertz CT molecular complexity index is 560. The van der Waals surface area contributed by atoms with E-state index in [0.717, 1.165) is 10.2 Å². The minimum absolute atomic E-state index is 0.0727. The summed E-state index contributed by atoms with van der Waals surface area (Å²) in [7, 11) is 0. The number of hydrogen-bond donors (Lipinski definition) is 2. The summed E-state index contributed by atoms with van der Waals surface area (Å²) in [6.45, 7) is 0. The average Bonchev–Trinajstić information content (AvgIpc) is 2.29. The van der Waals surface area contributed by atoms with Crippen LogP contribution >= 0.6 is 27.5 Å². The van der Waals surface area contributed by atoms with Gasteiger partial charge in [-0.3, -0.25) is 0 Å². The van der Waals surface area contributed by atoms with E-state index in [2.05, 4.69) is 21.2 Å². The number of halogens is 3. The third-order valence-corrected chi connectivity index (χ3v) is 3.00. The van der Waals surface area contributed by atoms with Crippen LogP contribution in [0.15, 0.2) is 40.9 Å². The van der Waals surface area contributed by atoms with Gasteiger partial charge in [0.2, 0.25) is 0 Å². The fraction of sp³-hybridized carbons (Fsp3) is 0. The minimum atomic E-state index is -0.445. The first-order valence-electron chi connectivity index (χ1n) is 4.83. The molecule has 0 saturated carbocycles. The summed E-state index contributed by atoms with van der Waals surface area (Å²) in [5, 5.41) is 3.15. The molecule has 2 aromatic rings. The third kappa shape index (κ3) is 2.90. The van der Waals surface area contributed by atoms with Crippen LogP contribution in [0.5, 0.6) is 0 Å².